The van der Waals surface area contributed by atoms with Crippen molar-refractivity contribution in [2.45, 2.75) is 23.5 Å². The van der Waals surface area contributed by atoms with Crippen molar-refractivity contribution < 1.29 is 23.4 Å². The summed E-state index contributed by atoms with van der Waals surface area (Å²) in [5.41, 5.74) is 0.306. The molecule has 1 aliphatic rings. The lowest BCUT2D eigenvalue weighted by molar-refractivity contribution is -0.140. The van der Waals surface area contributed by atoms with Crippen LogP contribution in [-0.2, 0) is 14.8 Å². The Labute approximate surface area is 115 Å². The lowest BCUT2D eigenvalue weighted by atomic mass is 10.2. The fraction of sp³-hybridized carbons (Fsp3) is 0.333. The van der Waals surface area contributed by atoms with Crippen molar-refractivity contribution in [3.63, 3.8) is 0 Å². The number of benzene rings is 1. The van der Waals surface area contributed by atoms with Crippen molar-refractivity contribution in [1.29, 1.82) is 5.26 Å². The van der Waals surface area contributed by atoms with Crippen molar-refractivity contribution >= 4 is 16.0 Å². The molecule has 1 aromatic rings. The highest BCUT2D eigenvalue weighted by Crippen LogP contribution is 2.26. The van der Waals surface area contributed by atoms with Gasteiger partial charge in [-0.2, -0.15) is 9.57 Å². The topological polar surface area (TPSA) is 119 Å². The smallest absolute Gasteiger partial charge is 0.322 e. The Morgan fingerprint density at radius 1 is 1.35 bits per heavy atom. The molecule has 0 radical (unpaired) electrons. The molecule has 2 atom stereocenters. The molecule has 1 saturated heterocycles. The number of sulfonamides is 1. The van der Waals surface area contributed by atoms with E-state index >= 15 is 0 Å². The van der Waals surface area contributed by atoms with Gasteiger partial charge in [-0.1, -0.05) is 0 Å². The second kappa shape index (κ2) is 5.20. The predicted octanol–water partition coefficient (Wildman–Crippen LogP) is -0.233. The number of rotatable bonds is 3. The molecular formula is C12H12N2O5S. The van der Waals surface area contributed by atoms with Crippen LogP contribution in [0.1, 0.15) is 12.0 Å². The van der Waals surface area contributed by atoms with Crippen molar-refractivity contribution in [3.05, 3.63) is 29.8 Å². The van der Waals surface area contributed by atoms with Gasteiger partial charge in [-0.15, -0.1) is 0 Å². The fourth-order valence-electron chi connectivity index (χ4n) is 2.11. The number of aliphatic carboxylic acids is 1. The summed E-state index contributed by atoms with van der Waals surface area (Å²) >= 11 is 0. The zero-order valence-corrected chi connectivity index (χ0v) is 11.1. The van der Waals surface area contributed by atoms with Gasteiger partial charge in [0.15, 0.2) is 0 Å². The molecule has 2 N–H and O–H groups in total. The average Bonchev–Trinajstić information content (AvgIpc) is 2.82. The zero-order chi connectivity index (χ0) is 14.9. The van der Waals surface area contributed by atoms with E-state index in [1.54, 1.807) is 0 Å². The summed E-state index contributed by atoms with van der Waals surface area (Å²) in [4.78, 5) is 11.0. The lowest BCUT2D eigenvalue weighted by Crippen LogP contribution is -2.40. The van der Waals surface area contributed by atoms with Gasteiger partial charge in [0, 0.05) is 13.0 Å². The first-order valence-corrected chi connectivity index (χ1v) is 7.23. The summed E-state index contributed by atoms with van der Waals surface area (Å²) in [6, 6.07) is 5.77. The second-order valence-electron chi connectivity index (χ2n) is 4.45. The summed E-state index contributed by atoms with van der Waals surface area (Å²) < 4.78 is 25.5. The highest BCUT2D eigenvalue weighted by molar-refractivity contribution is 7.89. The van der Waals surface area contributed by atoms with Crippen LogP contribution in [0, 0.1) is 11.3 Å². The molecule has 0 spiro atoms. The molecule has 0 saturated carbocycles. The van der Waals surface area contributed by atoms with Crippen molar-refractivity contribution in [1.82, 2.24) is 4.31 Å². The van der Waals surface area contributed by atoms with E-state index in [1.807, 2.05) is 6.07 Å². The molecule has 1 aliphatic heterocycles. The van der Waals surface area contributed by atoms with Gasteiger partial charge in [0.05, 0.1) is 22.6 Å². The van der Waals surface area contributed by atoms with Gasteiger partial charge in [0.1, 0.15) is 6.04 Å². The summed E-state index contributed by atoms with van der Waals surface area (Å²) in [7, 11) is -4.01. The van der Waals surface area contributed by atoms with Crippen LogP contribution in [0.2, 0.25) is 0 Å². The monoisotopic (exact) mass is 296 g/mol. The summed E-state index contributed by atoms with van der Waals surface area (Å²) in [6.45, 7) is -0.251. The minimum Gasteiger partial charge on any atom is -0.480 e. The quantitative estimate of drug-likeness (QED) is 0.795. The van der Waals surface area contributed by atoms with E-state index in [9.17, 15) is 18.3 Å². The maximum atomic E-state index is 12.4. The third-order valence-corrected chi connectivity index (χ3v) is 5.00. The highest BCUT2D eigenvalue weighted by Gasteiger charge is 2.43. The third-order valence-electron chi connectivity index (χ3n) is 3.11. The SMILES string of the molecule is N#Cc1ccc(S(=O)(=O)N2CC(O)CC2C(=O)O)cc1. The van der Waals surface area contributed by atoms with Gasteiger partial charge in [0.2, 0.25) is 10.0 Å². The molecule has 0 amide bonds. The number of nitrogens with zero attached hydrogens (tertiary/aromatic N) is 2. The lowest BCUT2D eigenvalue weighted by Gasteiger charge is -2.20. The van der Waals surface area contributed by atoms with Crippen LogP contribution in [-0.4, -0.2) is 47.6 Å². The van der Waals surface area contributed by atoms with Crippen LogP contribution in [0.5, 0.6) is 0 Å². The maximum absolute atomic E-state index is 12.4. The molecule has 1 heterocycles. The molecule has 0 aliphatic carbocycles. The van der Waals surface area contributed by atoms with Gasteiger partial charge >= 0.3 is 5.97 Å². The van der Waals surface area contributed by atoms with Crippen LogP contribution in [0.4, 0.5) is 0 Å². The molecule has 1 fully saturated rings. The summed E-state index contributed by atoms with van der Waals surface area (Å²) in [5.74, 6) is -1.29. The van der Waals surface area contributed by atoms with E-state index in [0.29, 0.717) is 5.56 Å². The zero-order valence-electron chi connectivity index (χ0n) is 10.3. The fourth-order valence-corrected chi connectivity index (χ4v) is 3.74. The Kier molecular flexibility index (Phi) is 3.76. The third kappa shape index (κ3) is 2.51. The number of carboxylic acids is 1. The van der Waals surface area contributed by atoms with E-state index in [4.69, 9.17) is 10.4 Å². The molecule has 0 aromatic heterocycles. The molecule has 2 unspecified atom stereocenters. The molecule has 106 valence electrons. The van der Waals surface area contributed by atoms with E-state index in [-0.39, 0.29) is 17.9 Å². The minimum absolute atomic E-state index is 0.100. The standard InChI is InChI=1S/C12H12N2O5S/c13-6-8-1-3-10(4-2-8)20(18,19)14-7-9(15)5-11(14)12(16)17/h1-4,9,11,15H,5,7H2,(H,16,17). The normalized spacial score (nSPS) is 23.4. The predicted molar refractivity (Wildman–Crippen MR) is 67.1 cm³/mol. The first-order chi connectivity index (χ1) is 9.36. The summed E-state index contributed by atoms with van der Waals surface area (Å²) in [5, 5.41) is 27.2. The minimum atomic E-state index is -4.01. The molecule has 0 bridgehead atoms. The average molecular weight is 296 g/mol. The number of aliphatic hydroxyl groups excluding tert-OH is 1. The number of β-amino-alcohol motifs (C(OH)–C–C–N with tert-alkyl or cyclic N) is 1. The van der Waals surface area contributed by atoms with Crippen LogP contribution >= 0.6 is 0 Å². The maximum Gasteiger partial charge on any atom is 0.322 e. The number of nitriles is 1. The Hall–Kier alpha value is -1.95. The molecular weight excluding hydrogens is 284 g/mol. The second-order valence-corrected chi connectivity index (χ2v) is 6.35. The molecule has 8 heteroatoms. The van der Waals surface area contributed by atoms with Gasteiger partial charge in [0.25, 0.3) is 0 Å². The number of carbonyl (C=O) groups is 1. The van der Waals surface area contributed by atoms with E-state index in [1.165, 1.54) is 24.3 Å². The Balaban J connectivity index is 2.38. The molecule has 7 nitrogen and oxygen atoms in total. The molecule has 20 heavy (non-hydrogen) atoms. The Morgan fingerprint density at radius 3 is 2.45 bits per heavy atom. The molecule has 1 aromatic carbocycles. The van der Waals surface area contributed by atoms with Gasteiger partial charge in [-0.05, 0) is 24.3 Å². The number of aliphatic hydroxyl groups is 1. The van der Waals surface area contributed by atoms with Crippen LogP contribution in [0.15, 0.2) is 29.2 Å². The molecule has 2 rings (SSSR count). The van der Waals surface area contributed by atoms with E-state index in [0.717, 1.165) is 4.31 Å². The van der Waals surface area contributed by atoms with Crippen molar-refractivity contribution in [3.8, 4) is 6.07 Å². The Morgan fingerprint density at radius 2 is 1.95 bits per heavy atom. The van der Waals surface area contributed by atoms with Crippen LogP contribution in [0.3, 0.4) is 0 Å². The van der Waals surface area contributed by atoms with E-state index in [2.05, 4.69) is 0 Å². The largest absolute Gasteiger partial charge is 0.480 e. The van der Waals surface area contributed by atoms with Crippen LogP contribution < -0.4 is 0 Å². The van der Waals surface area contributed by atoms with Crippen molar-refractivity contribution in [2.75, 3.05) is 6.54 Å². The first kappa shape index (κ1) is 14.5. The van der Waals surface area contributed by atoms with Gasteiger partial charge in [-0.3, -0.25) is 4.79 Å². The van der Waals surface area contributed by atoms with Crippen LogP contribution in [0.25, 0.3) is 0 Å². The summed E-state index contributed by atoms with van der Waals surface area (Å²) in [6.07, 6.45) is -1.13. The first-order valence-electron chi connectivity index (χ1n) is 5.79. The van der Waals surface area contributed by atoms with E-state index < -0.39 is 28.1 Å². The highest BCUT2D eigenvalue weighted by atomic mass is 32.2. The number of hydrogen-bond donors (Lipinski definition) is 2. The van der Waals surface area contributed by atoms with Crippen molar-refractivity contribution in [2.24, 2.45) is 0 Å². The Bertz CT molecular complexity index is 662. The van der Waals surface area contributed by atoms with Gasteiger partial charge in [-0.25, -0.2) is 8.42 Å². The number of carboxylic acid groups (broad SMARTS) is 1. The van der Waals surface area contributed by atoms with Gasteiger partial charge < -0.3 is 10.2 Å². The number of hydrogen-bond acceptors (Lipinski definition) is 5.